The van der Waals surface area contributed by atoms with E-state index in [1.807, 2.05) is 38.4 Å². The molecular formula is C16H19N3S. The highest BCUT2D eigenvalue weighted by molar-refractivity contribution is 7.80. The van der Waals surface area contributed by atoms with E-state index in [0.717, 1.165) is 21.6 Å². The van der Waals surface area contributed by atoms with E-state index >= 15 is 0 Å². The van der Waals surface area contributed by atoms with Gasteiger partial charge in [0.05, 0.1) is 16.2 Å². The molecule has 4 heteroatoms. The highest BCUT2D eigenvalue weighted by atomic mass is 32.1. The average Bonchev–Trinajstić information content (AvgIpc) is 2.44. The fourth-order valence-corrected chi connectivity index (χ4v) is 2.55. The van der Waals surface area contributed by atoms with Crippen molar-refractivity contribution in [2.45, 2.75) is 6.04 Å². The molecule has 0 aliphatic carbocycles. The first kappa shape index (κ1) is 14.6. The van der Waals surface area contributed by atoms with E-state index in [0.29, 0.717) is 6.54 Å². The van der Waals surface area contributed by atoms with Crippen LogP contribution in [0.1, 0.15) is 11.7 Å². The predicted molar refractivity (Wildman–Crippen MR) is 89.0 cm³/mol. The first-order valence-corrected chi connectivity index (χ1v) is 6.95. The van der Waals surface area contributed by atoms with Crippen LogP contribution in [0, 0.1) is 0 Å². The van der Waals surface area contributed by atoms with E-state index in [-0.39, 0.29) is 6.04 Å². The summed E-state index contributed by atoms with van der Waals surface area (Å²) >= 11 is 5.48. The Morgan fingerprint density at radius 3 is 2.80 bits per heavy atom. The molecule has 1 unspecified atom stereocenters. The zero-order valence-corrected chi connectivity index (χ0v) is 12.7. The van der Waals surface area contributed by atoms with Crippen molar-refractivity contribution in [3.05, 3.63) is 54.7 Å². The van der Waals surface area contributed by atoms with Gasteiger partial charge in [-0.15, -0.1) is 6.58 Å². The summed E-state index contributed by atoms with van der Waals surface area (Å²) in [6.07, 6.45) is 1.80. The molecule has 0 aliphatic heterocycles. The van der Waals surface area contributed by atoms with E-state index in [9.17, 15) is 0 Å². The number of nitrogens with zero attached hydrogens (tertiary/aromatic N) is 2. The van der Waals surface area contributed by atoms with Gasteiger partial charge in [0.2, 0.25) is 0 Å². The molecule has 1 heterocycles. The van der Waals surface area contributed by atoms with E-state index < -0.39 is 0 Å². The zero-order chi connectivity index (χ0) is 14.5. The molecule has 20 heavy (non-hydrogen) atoms. The minimum absolute atomic E-state index is 0.0328. The molecule has 1 N–H and O–H groups in total. The molecule has 3 nitrogen and oxygen atoms in total. The van der Waals surface area contributed by atoms with E-state index in [4.69, 9.17) is 17.2 Å². The fraction of sp³-hybridized carbons (Fsp3) is 0.250. The highest BCUT2D eigenvalue weighted by Gasteiger charge is 2.20. The van der Waals surface area contributed by atoms with E-state index in [1.165, 1.54) is 0 Å². The monoisotopic (exact) mass is 285 g/mol. The maximum atomic E-state index is 5.48. The number of fused-ring (bicyclic) bond motifs is 1. The van der Waals surface area contributed by atoms with Gasteiger partial charge < -0.3 is 5.32 Å². The van der Waals surface area contributed by atoms with Gasteiger partial charge in [0, 0.05) is 11.9 Å². The third-order valence-corrected chi connectivity index (χ3v) is 3.45. The SMILES string of the molecule is C=CCNC(=S)C(c1ccc2ccccc2n1)N(C)C. The summed E-state index contributed by atoms with van der Waals surface area (Å²) in [7, 11) is 4.01. The maximum Gasteiger partial charge on any atom is 0.103 e. The molecule has 1 aromatic carbocycles. The van der Waals surface area contributed by atoms with Crippen LogP contribution in [-0.2, 0) is 0 Å². The van der Waals surface area contributed by atoms with E-state index in [1.54, 1.807) is 6.08 Å². The lowest BCUT2D eigenvalue weighted by molar-refractivity contribution is 0.362. The minimum Gasteiger partial charge on any atom is -0.375 e. The summed E-state index contributed by atoms with van der Waals surface area (Å²) < 4.78 is 0. The second-order valence-corrected chi connectivity index (χ2v) is 5.27. The summed E-state index contributed by atoms with van der Waals surface area (Å²) in [5.74, 6) is 0. The number of pyridine rings is 1. The third kappa shape index (κ3) is 3.21. The summed E-state index contributed by atoms with van der Waals surface area (Å²) in [6.45, 7) is 4.36. The van der Waals surface area contributed by atoms with Gasteiger partial charge in [-0.3, -0.25) is 9.88 Å². The molecule has 0 spiro atoms. The van der Waals surface area contributed by atoms with Gasteiger partial charge in [-0.2, -0.15) is 0 Å². The van der Waals surface area contributed by atoms with Crippen molar-refractivity contribution in [2.24, 2.45) is 0 Å². The number of aromatic nitrogens is 1. The van der Waals surface area contributed by atoms with Crippen molar-refractivity contribution in [1.29, 1.82) is 0 Å². The number of rotatable bonds is 5. The number of hydrogen-bond donors (Lipinski definition) is 1. The average molecular weight is 285 g/mol. The molecule has 0 bridgehead atoms. The summed E-state index contributed by atoms with van der Waals surface area (Å²) in [6, 6.07) is 12.2. The molecule has 1 aromatic heterocycles. The molecule has 0 saturated heterocycles. The van der Waals surface area contributed by atoms with Crippen molar-refractivity contribution in [3.63, 3.8) is 0 Å². The number of para-hydroxylation sites is 1. The molecule has 104 valence electrons. The first-order valence-electron chi connectivity index (χ1n) is 6.54. The van der Waals surface area contributed by atoms with Crippen LogP contribution in [0.4, 0.5) is 0 Å². The Hall–Kier alpha value is -1.78. The van der Waals surface area contributed by atoms with Crippen LogP contribution in [0.5, 0.6) is 0 Å². The number of thiocarbonyl (C=S) groups is 1. The Kier molecular flexibility index (Phi) is 4.82. The number of benzene rings is 1. The second-order valence-electron chi connectivity index (χ2n) is 4.83. The Labute approximate surface area is 125 Å². The minimum atomic E-state index is -0.0328. The summed E-state index contributed by atoms with van der Waals surface area (Å²) in [4.78, 5) is 7.56. The lowest BCUT2D eigenvalue weighted by Crippen LogP contribution is -2.36. The molecule has 1 atom stereocenters. The molecular weight excluding hydrogens is 266 g/mol. The third-order valence-electron chi connectivity index (χ3n) is 3.09. The Morgan fingerprint density at radius 1 is 1.35 bits per heavy atom. The number of likely N-dealkylation sites (N-methyl/N-ethyl adjacent to an activating group) is 1. The highest BCUT2D eigenvalue weighted by Crippen LogP contribution is 2.20. The molecule has 2 aromatic rings. The van der Waals surface area contributed by atoms with Crippen LogP contribution in [-0.4, -0.2) is 35.5 Å². The van der Waals surface area contributed by atoms with Crippen molar-refractivity contribution in [2.75, 3.05) is 20.6 Å². The quantitative estimate of drug-likeness (QED) is 0.675. The molecule has 0 aliphatic rings. The van der Waals surface area contributed by atoms with Crippen molar-refractivity contribution in [3.8, 4) is 0 Å². The second kappa shape index (κ2) is 6.59. The summed E-state index contributed by atoms with van der Waals surface area (Å²) in [5.41, 5.74) is 1.94. The Morgan fingerprint density at radius 2 is 2.10 bits per heavy atom. The smallest absolute Gasteiger partial charge is 0.103 e. The Bertz CT molecular complexity index is 622. The molecule has 0 radical (unpaired) electrons. The van der Waals surface area contributed by atoms with Crippen LogP contribution in [0.2, 0.25) is 0 Å². The van der Waals surface area contributed by atoms with Gasteiger partial charge >= 0.3 is 0 Å². The lowest BCUT2D eigenvalue weighted by Gasteiger charge is -2.25. The van der Waals surface area contributed by atoms with Crippen LogP contribution in [0.25, 0.3) is 10.9 Å². The standard InChI is InChI=1S/C16H19N3S/c1-4-11-17-16(20)15(19(2)3)14-10-9-12-7-5-6-8-13(12)18-14/h4-10,15H,1,11H2,2-3H3,(H,17,20). The molecule has 0 fully saturated rings. The molecule has 2 rings (SSSR count). The van der Waals surface area contributed by atoms with Gasteiger partial charge in [-0.25, -0.2) is 0 Å². The van der Waals surface area contributed by atoms with Crippen molar-refractivity contribution < 1.29 is 0 Å². The predicted octanol–water partition coefficient (Wildman–Crippen LogP) is 2.94. The van der Waals surface area contributed by atoms with Gasteiger partial charge in [-0.1, -0.05) is 42.6 Å². The largest absolute Gasteiger partial charge is 0.375 e. The van der Waals surface area contributed by atoms with Crippen LogP contribution >= 0.6 is 12.2 Å². The zero-order valence-electron chi connectivity index (χ0n) is 11.8. The fourth-order valence-electron chi connectivity index (χ4n) is 2.14. The maximum absolute atomic E-state index is 5.48. The van der Waals surface area contributed by atoms with Gasteiger partial charge in [0.1, 0.15) is 6.04 Å². The van der Waals surface area contributed by atoms with Crippen LogP contribution in [0.3, 0.4) is 0 Å². The molecule has 0 saturated carbocycles. The molecule has 0 amide bonds. The Balaban J connectivity index is 2.36. The van der Waals surface area contributed by atoms with E-state index in [2.05, 4.69) is 28.9 Å². The van der Waals surface area contributed by atoms with Gasteiger partial charge in [0.15, 0.2) is 0 Å². The van der Waals surface area contributed by atoms with Crippen molar-refractivity contribution >= 4 is 28.1 Å². The van der Waals surface area contributed by atoms with Gasteiger partial charge in [0.25, 0.3) is 0 Å². The lowest BCUT2D eigenvalue weighted by atomic mass is 10.1. The van der Waals surface area contributed by atoms with Crippen LogP contribution < -0.4 is 5.32 Å². The number of nitrogens with one attached hydrogen (secondary N) is 1. The first-order chi connectivity index (χ1) is 9.63. The normalized spacial score (nSPS) is 12.3. The van der Waals surface area contributed by atoms with Gasteiger partial charge in [-0.05, 0) is 26.2 Å². The van der Waals surface area contributed by atoms with Crippen molar-refractivity contribution in [1.82, 2.24) is 15.2 Å². The summed E-state index contributed by atoms with van der Waals surface area (Å²) in [5, 5.41) is 4.33. The van der Waals surface area contributed by atoms with Crippen LogP contribution in [0.15, 0.2) is 49.1 Å². The number of hydrogen-bond acceptors (Lipinski definition) is 3. The topological polar surface area (TPSA) is 28.2 Å².